The van der Waals surface area contributed by atoms with Gasteiger partial charge in [-0.1, -0.05) is 29.3 Å². The van der Waals surface area contributed by atoms with E-state index in [1.54, 1.807) is 16.4 Å². The van der Waals surface area contributed by atoms with Crippen LogP contribution in [0.5, 0.6) is 0 Å². The molecule has 0 aliphatic carbocycles. The highest BCUT2D eigenvalue weighted by atomic mass is 35.5. The first-order chi connectivity index (χ1) is 10.5. The van der Waals surface area contributed by atoms with Gasteiger partial charge in [0.15, 0.2) is 0 Å². The number of hydrogen-bond donors (Lipinski definition) is 0. The number of halogens is 1. The molecule has 0 radical (unpaired) electrons. The second-order valence-electron chi connectivity index (χ2n) is 5.29. The highest BCUT2D eigenvalue weighted by Crippen LogP contribution is 2.29. The van der Waals surface area contributed by atoms with Crippen LogP contribution in [0.15, 0.2) is 40.6 Å². The molecule has 2 aromatic rings. The molecule has 0 bridgehead atoms. The van der Waals surface area contributed by atoms with Crippen LogP contribution in [0.25, 0.3) is 0 Å². The molecule has 0 atom stereocenters. The molecule has 0 saturated carbocycles. The Labute approximate surface area is 140 Å². The van der Waals surface area contributed by atoms with Gasteiger partial charge in [-0.25, -0.2) is 8.42 Å². The van der Waals surface area contributed by atoms with Gasteiger partial charge in [0.1, 0.15) is 4.21 Å². The number of aryl methyl sites for hydroxylation is 1. The molecule has 1 saturated heterocycles. The maximum atomic E-state index is 12.5. The minimum Gasteiger partial charge on any atom is -0.369 e. The van der Waals surface area contributed by atoms with Crippen LogP contribution >= 0.6 is 22.9 Å². The lowest BCUT2D eigenvalue weighted by molar-refractivity contribution is 0.386. The quantitative estimate of drug-likeness (QED) is 0.847. The van der Waals surface area contributed by atoms with E-state index in [1.165, 1.54) is 5.56 Å². The van der Waals surface area contributed by atoms with Gasteiger partial charge in [-0.3, -0.25) is 0 Å². The molecule has 1 fully saturated rings. The highest BCUT2D eigenvalue weighted by Gasteiger charge is 2.29. The molecule has 1 aromatic carbocycles. The van der Waals surface area contributed by atoms with E-state index in [9.17, 15) is 8.42 Å². The van der Waals surface area contributed by atoms with Crippen LogP contribution < -0.4 is 4.90 Å². The van der Waals surface area contributed by atoms with Crippen molar-refractivity contribution in [2.75, 3.05) is 31.1 Å². The third kappa shape index (κ3) is 3.15. The lowest BCUT2D eigenvalue weighted by atomic mass is 10.2. The Bertz CT molecular complexity index is 748. The van der Waals surface area contributed by atoms with Gasteiger partial charge in [0.25, 0.3) is 10.0 Å². The first-order valence-corrected chi connectivity index (χ1v) is 9.67. The molecule has 0 N–H and O–H groups in total. The molecule has 0 amide bonds. The second kappa shape index (κ2) is 6.20. The molecule has 0 spiro atoms. The molecule has 22 heavy (non-hydrogen) atoms. The lowest BCUT2D eigenvalue weighted by Crippen LogP contribution is -2.48. The van der Waals surface area contributed by atoms with Crippen molar-refractivity contribution in [2.45, 2.75) is 11.1 Å². The Morgan fingerprint density at radius 1 is 1.00 bits per heavy atom. The van der Waals surface area contributed by atoms with Gasteiger partial charge in [-0.15, -0.1) is 11.3 Å². The van der Waals surface area contributed by atoms with Gasteiger partial charge in [0.2, 0.25) is 0 Å². The monoisotopic (exact) mass is 356 g/mol. The molecule has 3 rings (SSSR count). The van der Waals surface area contributed by atoms with Crippen molar-refractivity contribution in [2.24, 2.45) is 0 Å². The minimum absolute atomic E-state index is 0.321. The maximum Gasteiger partial charge on any atom is 0.252 e. The molecule has 4 nitrogen and oxygen atoms in total. The fourth-order valence-corrected chi connectivity index (χ4v) is 5.57. The lowest BCUT2D eigenvalue weighted by Gasteiger charge is -2.35. The minimum atomic E-state index is -3.41. The van der Waals surface area contributed by atoms with Crippen LogP contribution in [-0.2, 0) is 10.0 Å². The number of thiophene rings is 1. The Balaban J connectivity index is 1.70. The van der Waals surface area contributed by atoms with Crippen molar-refractivity contribution in [3.8, 4) is 0 Å². The van der Waals surface area contributed by atoms with E-state index in [0.29, 0.717) is 34.7 Å². The van der Waals surface area contributed by atoms with Crippen LogP contribution in [0.2, 0.25) is 4.34 Å². The summed E-state index contributed by atoms with van der Waals surface area (Å²) in [6.07, 6.45) is 0. The summed E-state index contributed by atoms with van der Waals surface area (Å²) >= 11 is 6.96. The number of anilines is 1. The summed E-state index contributed by atoms with van der Waals surface area (Å²) in [6.45, 7) is 4.43. The van der Waals surface area contributed by atoms with Crippen molar-refractivity contribution in [1.29, 1.82) is 0 Å². The van der Waals surface area contributed by atoms with Gasteiger partial charge >= 0.3 is 0 Å². The van der Waals surface area contributed by atoms with E-state index in [-0.39, 0.29) is 0 Å². The molecule has 0 unspecified atom stereocenters. The number of sulfonamides is 1. The number of nitrogens with zero attached hydrogens (tertiary/aromatic N) is 2. The van der Waals surface area contributed by atoms with Crippen molar-refractivity contribution in [3.63, 3.8) is 0 Å². The van der Waals surface area contributed by atoms with E-state index in [2.05, 4.69) is 36.1 Å². The molecule has 2 heterocycles. The number of benzene rings is 1. The van der Waals surface area contributed by atoms with E-state index in [1.807, 2.05) is 0 Å². The first kappa shape index (κ1) is 15.8. The van der Waals surface area contributed by atoms with E-state index < -0.39 is 10.0 Å². The summed E-state index contributed by atoms with van der Waals surface area (Å²) in [5.74, 6) is 0. The summed E-state index contributed by atoms with van der Waals surface area (Å²) < 4.78 is 27.5. The third-order valence-electron chi connectivity index (χ3n) is 3.78. The average molecular weight is 357 g/mol. The van der Waals surface area contributed by atoms with Crippen molar-refractivity contribution in [1.82, 2.24) is 4.31 Å². The SMILES string of the molecule is Cc1ccc(N2CCN(S(=O)(=O)c3ccc(Cl)s3)CC2)cc1. The van der Waals surface area contributed by atoms with Gasteiger partial charge in [0, 0.05) is 31.9 Å². The normalized spacial score (nSPS) is 16.9. The van der Waals surface area contributed by atoms with Crippen LogP contribution in [0.3, 0.4) is 0 Å². The van der Waals surface area contributed by atoms with E-state index in [0.717, 1.165) is 17.0 Å². The summed E-state index contributed by atoms with van der Waals surface area (Å²) in [6, 6.07) is 11.5. The molecular formula is C15H17ClN2O2S2. The Kier molecular flexibility index (Phi) is 4.45. The highest BCUT2D eigenvalue weighted by molar-refractivity contribution is 7.91. The molecule has 118 valence electrons. The Morgan fingerprint density at radius 3 is 2.18 bits per heavy atom. The van der Waals surface area contributed by atoms with Crippen LogP contribution in [0.4, 0.5) is 5.69 Å². The number of piperazine rings is 1. The van der Waals surface area contributed by atoms with Crippen molar-refractivity contribution >= 4 is 38.6 Å². The summed E-state index contributed by atoms with van der Waals surface area (Å²) in [7, 11) is -3.41. The van der Waals surface area contributed by atoms with Gasteiger partial charge in [-0.05, 0) is 31.2 Å². The fraction of sp³-hybridized carbons (Fsp3) is 0.333. The summed E-state index contributed by atoms with van der Waals surface area (Å²) in [4.78, 5) is 2.22. The smallest absolute Gasteiger partial charge is 0.252 e. The zero-order chi connectivity index (χ0) is 15.7. The predicted molar refractivity (Wildman–Crippen MR) is 91.5 cm³/mol. The molecule has 1 aliphatic heterocycles. The summed E-state index contributed by atoms with van der Waals surface area (Å²) in [5, 5.41) is 0. The van der Waals surface area contributed by atoms with Crippen molar-refractivity contribution in [3.05, 3.63) is 46.3 Å². The van der Waals surface area contributed by atoms with Crippen LogP contribution in [0, 0.1) is 6.92 Å². The predicted octanol–water partition coefficient (Wildman–Crippen LogP) is 3.22. The van der Waals surface area contributed by atoms with E-state index in [4.69, 9.17) is 11.6 Å². The largest absolute Gasteiger partial charge is 0.369 e. The molecule has 1 aromatic heterocycles. The zero-order valence-electron chi connectivity index (χ0n) is 12.2. The number of hydrogen-bond acceptors (Lipinski definition) is 4. The van der Waals surface area contributed by atoms with Crippen LogP contribution in [-0.4, -0.2) is 38.9 Å². The van der Waals surface area contributed by atoms with Gasteiger partial charge in [0.05, 0.1) is 4.34 Å². The summed E-state index contributed by atoms with van der Waals surface area (Å²) in [5.41, 5.74) is 2.36. The zero-order valence-corrected chi connectivity index (χ0v) is 14.6. The average Bonchev–Trinajstić information content (AvgIpc) is 2.96. The Hall–Kier alpha value is -1.08. The second-order valence-corrected chi connectivity index (χ2v) is 9.17. The molecular weight excluding hydrogens is 340 g/mol. The van der Waals surface area contributed by atoms with Gasteiger partial charge in [-0.2, -0.15) is 4.31 Å². The number of rotatable bonds is 3. The topological polar surface area (TPSA) is 40.6 Å². The van der Waals surface area contributed by atoms with Gasteiger partial charge < -0.3 is 4.90 Å². The fourth-order valence-electron chi connectivity index (χ4n) is 2.51. The van der Waals surface area contributed by atoms with Crippen LogP contribution in [0.1, 0.15) is 5.56 Å². The first-order valence-electron chi connectivity index (χ1n) is 7.04. The van der Waals surface area contributed by atoms with E-state index >= 15 is 0 Å². The van der Waals surface area contributed by atoms with Crippen molar-refractivity contribution < 1.29 is 8.42 Å². The standard InChI is InChI=1S/C15H17ClN2O2S2/c1-12-2-4-13(5-3-12)17-8-10-18(11-9-17)22(19,20)15-7-6-14(16)21-15/h2-7H,8-11H2,1H3. The molecule has 1 aliphatic rings. The third-order valence-corrected chi connectivity index (χ3v) is 7.38. The maximum absolute atomic E-state index is 12.5. The molecule has 7 heteroatoms. The Morgan fingerprint density at radius 2 is 1.64 bits per heavy atom.